The standard InChI is InChI=1S/C18H15N3S2/c1-12-11-23-18(19-12)14(10-13-6-5-9-22-13)17-20-15-7-3-4-8-16(15)21(17)2/h3-11H,1-2H3/b14-10-. The molecule has 0 spiro atoms. The van der Waals surface area contributed by atoms with Gasteiger partial charge in [0.2, 0.25) is 0 Å². The van der Waals surface area contributed by atoms with Crippen LogP contribution in [0.3, 0.4) is 0 Å². The summed E-state index contributed by atoms with van der Waals surface area (Å²) in [5.41, 5.74) is 4.26. The van der Waals surface area contributed by atoms with E-state index < -0.39 is 0 Å². The quantitative estimate of drug-likeness (QED) is 0.527. The van der Waals surface area contributed by atoms with Gasteiger partial charge in [0, 0.05) is 23.0 Å². The number of thiophene rings is 1. The maximum atomic E-state index is 4.84. The topological polar surface area (TPSA) is 30.7 Å². The number of thiazole rings is 1. The molecule has 0 bridgehead atoms. The lowest BCUT2D eigenvalue weighted by Crippen LogP contribution is -1.98. The van der Waals surface area contributed by atoms with Gasteiger partial charge in [-0.25, -0.2) is 9.97 Å². The molecule has 0 radical (unpaired) electrons. The van der Waals surface area contributed by atoms with E-state index in [2.05, 4.69) is 57.7 Å². The lowest BCUT2D eigenvalue weighted by molar-refractivity contribution is 0.922. The fourth-order valence-electron chi connectivity index (χ4n) is 2.60. The van der Waals surface area contributed by atoms with Crippen LogP contribution in [-0.2, 0) is 7.05 Å². The molecule has 0 unspecified atom stereocenters. The number of para-hydroxylation sites is 2. The second-order valence-corrected chi connectivity index (χ2v) is 7.19. The summed E-state index contributed by atoms with van der Waals surface area (Å²) in [7, 11) is 2.06. The van der Waals surface area contributed by atoms with Crippen LogP contribution in [0.2, 0.25) is 0 Å². The van der Waals surface area contributed by atoms with Crippen LogP contribution < -0.4 is 0 Å². The average Bonchev–Trinajstić information content (AvgIpc) is 3.27. The molecule has 3 nitrogen and oxygen atoms in total. The molecule has 0 fully saturated rings. The highest BCUT2D eigenvalue weighted by Gasteiger charge is 2.16. The Balaban J connectivity index is 1.95. The zero-order chi connectivity index (χ0) is 15.8. The summed E-state index contributed by atoms with van der Waals surface area (Å²) in [5.74, 6) is 0.953. The third kappa shape index (κ3) is 2.62. The summed E-state index contributed by atoms with van der Waals surface area (Å²) in [4.78, 5) is 10.7. The number of nitrogens with zero attached hydrogens (tertiary/aromatic N) is 3. The predicted molar refractivity (Wildman–Crippen MR) is 98.9 cm³/mol. The van der Waals surface area contributed by atoms with Crippen molar-refractivity contribution in [2.24, 2.45) is 7.05 Å². The van der Waals surface area contributed by atoms with E-state index in [0.717, 1.165) is 33.1 Å². The summed E-state index contributed by atoms with van der Waals surface area (Å²) in [6.45, 7) is 2.03. The Morgan fingerprint density at radius 1 is 1.09 bits per heavy atom. The van der Waals surface area contributed by atoms with Gasteiger partial charge in [0.25, 0.3) is 0 Å². The van der Waals surface area contributed by atoms with Gasteiger partial charge in [0.1, 0.15) is 10.8 Å². The minimum Gasteiger partial charge on any atom is -0.327 e. The highest BCUT2D eigenvalue weighted by molar-refractivity contribution is 7.11. The Morgan fingerprint density at radius 2 is 1.96 bits per heavy atom. The van der Waals surface area contributed by atoms with Crippen LogP contribution >= 0.6 is 22.7 Å². The Bertz CT molecular complexity index is 991. The molecule has 0 saturated carbocycles. The molecule has 0 saturated heterocycles. The number of rotatable bonds is 3. The molecule has 3 heterocycles. The van der Waals surface area contributed by atoms with Gasteiger partial charge in [-0.1, -0.05) is 18.2 Å². The van der Waals surface area contributed by atoms with Crippen LogP contribution in [0.5, 0.6) is 0 Å². The molecule has 0 atom stereocenters. The zero-order valence-corrected chi connectivity index (χ0v) is 14.5. The summed E-state index contributed by atoms with van der Waals surface area (Å²) in [6.07, 6.45) is 2.18. The Morgan fingerprint density at radius 3 is 2.65 bits per heavy atom. The number of benzene rings is 1. The molecular weight excluding hydrogens is 322 g/mol. The Hall–Kier alpha value is -2.24. The SMILES string of the molecule is Cc1csc(/C(=C\c2cccs2)c2nc3ccccc3n2C)n1. The van der Waals surface area contributed by atoms with Crippen LogP contribution in [0.15, 0.2) is 47.2 Å². The molecule has 1 aromatic carbocycles. The van der Waals surface area contributed by atoms with Gasteiger partial charge in [-0.15, -0.1) is 22.7 Å². The van der Waals surface area contributed by atoms with Crippen molar-refractivity contribution in [2.45, 2.75) is 6.92 Å². The van der Waals surface area contributed by atoms with Gasteiger partial charge >= 0.3 is 0 Å². The lowest BCUT2D eigenvalue weighted by Gasteiger charge is -2.05. The van der Waals surface area contributed by atoms with Crippen molar-refractivity contribution in [2.75, 3.05) is 0 Å². The highest BCUT2D eigenvalue weighted by atomic mass is 32.1. The van der Waals surface area contributed by atoms with Crippen LogP contribution in [0, 0.1) is 6.92 Å². The smallest absolute Gasteiger partial charge is 0.143 e. The van der Waals surface area contributed by atoms with Gasteiger partial charge in [-0.05, 0) is 36.6 Å². The van der Waals surface area contributed by atoms with Crippen molar-refractivity contribution in [3.63, 3.8) is 0 Å². The molecule has 114 valence electrons. The molecule has 0 aliphatic rings. The molecule has 0 aliphatic carbocycles. The number of aromatic nitrogens is 3. The first-order valence-electron chi connectivity index (χ1n) is 7.32. The second-order valence-electron chi connectivity index (χ2n) is 5.35. The van der Waals surface area contributed by atoms with E-state index >= 15 is 0 Å². The van der Waals surface area contributed by atoms with Crippen LogP contribution in [0.25, 0.3) is 22.7 Å². The lowest BCUT2D eigenvalue weighted by atomic mass is 10.2. The fourth-order valence-corrected chi connectivity index (χ4v) is 4.07. The molecule has 4 rings (SSSR count). The highest BCUT2D eigenvalue weighted by Crippen LogP contribution is 2.30. The van der Waals surface area contributed by atoms with E-state index in [-0.39, 0.29) is 0 Å². The fraction of sp³-hybridized carbons (Fsp3) is 0.111. The Kier molecular flexibility index (Phi) is 3.59. The second kappa shape index (κ2) is 5.76. The van der Waals surface area contributed by atoms with E-state index in [1.54, 1.807) is 22.7 Å². The summed E-state index contributed by atoms with van der Waals surface area (Å²) in [5, 5.41) is 5.18. The third-order valence-corrected chi connectivity index (χ3v) is 5.52. The van der Waals surface area contributed by atoms with Gasteiger partial charge in [0.15, 0.2) is 0 Å². The molecule has 0 N–H and O–H groups in total. The van der Waals surface area contributed by atoms with Gasteiger partial charge < -0.3 is 4.57 Å². The minimum atomic E-state index is 0.953. The van der Waals surface area contributed by atoms with Gasteiger partial charge in [-0.2, -0.15) is 0 Å². The molecule has 0 aliphatic heterocycles. The van der Waals surface area contributed by atoms with Crippen LogP contribution in [0.1, 0.15) is 21.4 Å². The van der Waals surface area contributed by atoms with Crippen molar-refractivity contribution in [1.82, 2.24) is 14.5 Å². The van der Waals surface area contributed by atoms with Crippen molar-refractivity contribution < 1.29 is 0 Å². The summed E-state index contributed by atoms with van der Waals surface area (Å²) in [6, 6.07) is 12.4. The Labute approximate surface area is 142 Å². The molecule has 5 heteroatoms. The van der Waals surface area contributed by atoms with Crippen molar-refractivity contribution in [3.8, 4) is 0 Å². The van der Waals surface area contributed by atoms with Crippen molar-refractivity contribution in [3.05, 3.63) is 68.6 Å². The van der Waals surface area contributed by atoms with E-state index in [0.29, 0.717) is 0 Å². The largest absolute Gasteiger partial charge is 0.327 e. The number of imidazole rings is 1. The normalized spacial score (nSPS) is 12.2. The van der Waals surface area contributed by atoms with E-state index in [1.165, 1.54) is 4.88 Å². The van der Waals surface area contributed by atoms with Crippen LogP contribution in [-0.4, -0.2) is 14.5 Å². The third-order valence-electron chi connectivity index (χ3n) is 3.71. The van der Waals surface area contributed by atoms with E-state index in [9.17, 15) is 0 Å². The first-order chi connectivity index (χ1) is 11.2. The van der Waals surface area contributed by atoms with E-state index in [4.69, 9.17) is 4.98 Å². The summed E-state index contributed by atoms with van der Waals surface area (Å²) >= 11 is 3.39. The maximum absolute atomic E-state index is 4.84. The first kappa shape index (κ1) is 14.4. The number of hydrogen-bond donors (Lipinski definition) is 0. The van der Waals surface area contributed by atoms with Gasteiger partial charge in [-0.3, -0.25) is 0 Å². The number of fused-ring (bicyclic) bond motifs is 1. The van der Waals surface area contributed by atoms with Crippen molar-refractivity contribution in [1.29, 1.82) is 0 Å². The van der Waals surface area contributed by atoms with Crippen LogP contribution in [0.4, 0.5) is 0 Å². The molecular formula is C18H15N3S2. The number of aryl methyl sites for hydroxylation is 2. The monoisotopic (exact) mass is 337 g/mol. The maximum Gasteiger partial charge on any atom is 0.143 e. The number of hydrogen-bond acceptors (Lipinski definition) is 4. The minimum absolute atomic E-state index is 0.953. The summed E-state index contributed by atoms with van der Waals surface area (Å²) < 4.78 is 2.14. The molecule has 4 aromatic rings. The van der Waals surface area contributed by atoms with E-state index in [1.807, 2.05) is 19.1 Å². The van der Waals surface area contributed by atoms with Crippen molar-refractivity contribution >= 4 is 45.4 Å². The predicted octanol–water partition coefficient (Wildman–Crippen LogP) is 4.99. The first-order valence-corrected chi connectivity index (χ1v) is 9.08. The van der Waals surface area contributed by atoms with Gasteiger partial charge in [0.05, 0.1) is 16.6 Å². The zero-order valence-electron chi connectivity index (χ0n) is 12.9. The average molecular weight is 337 g/mol. The molecule has 0 amide bonds. The molecule has 23 heavy (non-hydrogen) atoms. The molecule has 3 aromatic heterocycles.